The molecule has 0 heterocycles. The summed E-state index contributed by atoms with van der Waals surface area (Å²) in [5.41, 5.74) is 0.718. The van der Waals surface area contributed by atoms with E-state index in [1.165, 1.54) is 25.1 Å². The first-order chi connectivity index (χ1) is 12.2. The summed E-state index contributed by atoms with van der Waals surface area (Å²) in [6, 6.07) is 11.4. The minimum absolute atomic E-state index is 0.103. The number of para-hydroxylation sites is 1. The summed E-state index contributed by atoms with van der Waals surface area (Å²) >= 11 is 1.57. The maximum Gasteiger partial charge on any atom is 0.248 e. The number of halogens is 1. The molecule has 8 heteroatoms. The molecule has 0 spiro atoms. The molecule has 0 aliphatic heterocycles. The van der Waals surface area contributed by atoms with Crippen LogP contribution in [0, 0.1) is 5.82 Å². The molecule has 0 saturated heterocycles. The minimum atomic E-state index is -3.79. The van der Waals surface area contributed by atoms with Crippen LogP contribution in [0.5, 0.6) is 0 Å². The van der Waals surface area contributed by atoms with Crippen molar-refractivity contribution in [2.24, 2.45) is 0 Å². The van der Waals surface area contributed by atoms with E-state index < -0.39 is 27.8 Å². The molecular weight excluding hydrogens is 375 g/mol. The summed E-state index contributed by atoms with van der Waals surface area (Å²) in [6.07, 6.45) is 0.989. The molecule has 5 nitrogen and oxygen atoms in total. The normalized spacial score (nSPS) is 12.5. The zero-order valence-corrected chi connectivity index (χ0v) is 16.4. The van der Waals surface area contributed by atoms with Gasteiger partial charge in [-0.3, -0.25) is 9.10 Å². The standard InChI is InChI=1S/C18H21FN2O3S2/c1-4-25-17-11-6-5-10-16(17)20-18(22)13(2)21(26(3,23)24)15-9-7-8-14(19)12-15/h5-13H,4H2,1-3H3,(H,20,22)/t13-/m1/s1. The van der Waals surface area contributed by atoms with Crippen LogP contribution >= 0.6 is 11.8 Å². The third kappa shape index (κ3) is 4.98. The van der Waals surface area contributed by atoms with Gasteiger partial charge in [0.15, 0.2) is 0 Å². The van der Waals surface area contributed by atoms with E-state index in [9.17, 15) is 17.6 Å². The van der Waals surface area contributed by atoms with Crippen LogP contribution < -0.4 is 9.62 Å². The van der Waals surface area contributed by atoms with E-state index >= 15 is 0 Å². The van der Waals surface area contributed by atoms with E-state index in [1.54, 1.807) is 23.9 Å². The van der Waals surface area contributed by atoms with Gasteiger partial charge < -0.3 is 5.32 Å². The fourth-order valence-electron chi connectivity index (χ4n) is 2.51. The SMILES string of the molecule is CCSc1ccccc1NC(=O)[C@@H](C)N(c1cccc(F)c1)S(C)(=O)=O. The summed E-state index contributed by atoms with van der Waals surface area (Å²) in [5.74, 6) is -0.237. The average molecular weight is 397 g/mol. The van der Waals surface area contributed by atoms with Gasteiger partial charge >= 0.3 is 0 Å². The van der Waals surface area contributed by atoms with Crippen molar-refractivity contribution in [1.82, 2.24) is 0 Å². The largest absolute Gasteiger partial charge is 0.323 e. The molecule has 0 aliphatic carbocycles. The lowest BCUT2D eigenvalue weighted by atomic mass is 10.2. The van der Waals surface area contributed by atoms with E-state index in [4.69, 9.17) is 0 Å². The molecule has 1 amide bonds. The van der Waals surface area contributed by atoms with Gasteiger partial charge in [0.05, 0.1) is 17.6 Å². The van der Waals surface area contributed by atoms with E-state index in [0.29, 0.717) is 5.69 Å². The van der Waals surface area contributed by atoms with Gasteiger partial charge in [-0.15, -0.1) is 11.8 Å². The maximum atomic E-state index is 13.5. The summed E-state index contributed by atoms with van der Waals surface area (Å²) < 4.78 is 38.9. The second-order valence-corrected chi connectivity index (χ2v) is 8.80. The Kier molecular flexibility index (Phi) is 6.66. The van der Waals surface area contributed by atoms with Gasteiger partial charge in [-0.1, -0.05) is 25.1 Å². The predicted octanol–water partition coefficient (Wildman–Crippen LogP) is 3.73. The second kappa shape index (κ2) is 8.55. The first kappa shape index (κ1) is 20.3. The summed E-state index contributed by atoms with van der Waals surface area (Å²) in [4.78, 5) is 13.6. The number of sulfonamides is 1. The summed E-state index contributed by atoms with van der Waals surface area (Å²) in [6.45, 7) is 3.47. The van der Waals surface area contributed by atoms with Crippen LogP contribution in [0.2, 0.25) is 0 Å². The number of hydrogen-bond donors (Lipinski definition) is 1. The van der Waals surface area contributed by atoms with Gasteiger partial charge in [0.1, 0.15) is 11.9 Å². The molecule has 0 fully saturated rings. The second-order valence-electron chi connectivity index (χ2n) is 5.63. The molecule has 2 rings (SSSR count). The molecule has 0 radical (unpaired) electrons. The van der Waals surface area contributed by atoms with Crippen LogP contribution in [-0.4, -0.2) is 32.4 Å². The van der Waals surface area contributed by atoms with Crippen molar-refractivity contribution in [3.63, 3.8) is 0 Å². The number of amides is 1. The first-order valence-corrected chi connectivity index (χ1v) is 10.8. The van der Waals surface area contributed by atoms with E-state index in [1.807, 2.05) is 19.1 Å². The van der Waals surface area contributed by atoms with Crippen molar-refractivity contribution in [1.29, 1.82) is 0 Å². The van der Waals surface area contributed by atoms with Gasteiger partial charge in [-0.25, -0.2) is 12.8 Å². The minimum Gasteiger partial charge on any atom is -0.323 e. The molecule has 26 heavy (non-hydrogen) atoms. The highest BCUT2D eigenvalue weighted by Crippen LogP contribution is 2.28. The molecule has 140 valence electrons. The van der Waals surface area contributed by atoms with E-state index in [2.05, 4.69) is 5.32 Å². The smallest absolute Gasteiger partial charge is 0.248 e. The van der Waals surface area contributed by atoms with Crippen LogP contribution in [0.4, 0.5) is 15.8 Å². The number of carbonyl (C=O) groups excluding carboxylic acids is 1. The topological polar surface area (TPSA) is 66.5 Å². The number of anilines is 2. The predicted molar refractivity (Wildman–Crippen MR) is 105 cm³/mol. The number of rotatable bonds is 7. The Balaban J connectivity index is 2.32. The lowest BCUT2D eigenvalue weighted by Crippen LogP contribution is -2.45. The van der Waals surface area contributed by atoms with Crippen molar-refractivity contribution >= 4 is 39.1 Å². The van der Waals surface area contributed by atoms with Crippen molar-refractivity contribution in [3.05, 3.63) is 54.3 Å². The number of carbonyl (C=O) groups is 1. The summed E-state index contributed by atoms with van der Waals surface area (Å²) in [5, 5.41) is 2.77. The molecule has 2 aromatic rings. The molecule has 1 N–H and O–H groups in total. The number of nitrogens with one attached hydrogen (secondary N) is 1. The van der Waals surface area contributed by atoms with Crippen LogP contribution in [0.25, 0.3) is 0 Å². The van der Waals surface area contributed by atoms with Crippen LogP contribution in [0.3, 0.4) is 0 Å². The quantitative estimate of drug-likeness (QED) is 0.724. The van der Waals surface area contributed by atoms with Crippen LogP contribution in [0.15, 0.2) is 53.4 Å². The van der Waals surface area contributed by atoms with Gasteiger partial charge in [0.2, 0.25) is 15.9 Å². The third-order valence-corrected chi connectivity index (χ3v) is 5.79. The van der Waals surface area contributed by atoms with Crippen molar-refractivity contribution in [3.8, 4) is 0 Å². The van der Waals surface area contributed by atoms with Crippen molar-refractivity contribution in [2.75, 3.05) is 21.6 Å². The van der Waals surface area contributed by atoms with Crippen molar-refractivity contribution < 1.29 is 17.6 Å². The zero-order valence-electron chi connectivity index (χ0n) is 14.8. The van der Waals surface area contributed by atoms with Gasteiger partial charge in [0.25, 0.3) is 0 Å². The Morgan fingerprint density at radius 3 is 2.54 bits per heavy atom. The molecule has 1 atom stereocenters. The fraction of sp³-hybridized carbons (Fsp3) is 0.278. The van der Waals surface area contributed by atoms with Crippen molar-refractivity contribution in [2.45, 2.75) is 24.8 Å². The number of benzene rings is 2. The summed E-state index contributed by atoms with van der Waals surface area (Å²) in [7, 11) is -3.79. The highest BCUT2D eigenvalue weighted by Gasteiger charge is 2.29. The average Bonchev–Trinajstić information content (AvgIpc) is 2.55. The molecule has 0 saturated carbocycles. The molecule has 0 aromatic heterocycles. The highest BCUT2D eigenvalue weighted by molar-refractivity contribution is 7.99. The zero-order chi connectivity index (χ0) is 19.3. The molecule has 2 aromatic carbocycles. The van der Waals surface area contributed by atoms with Crippen LogP contribution in [-0.2, 0) is 14.8 Å². The first-order valence-electron chi connectivity index (χ1n) is 8.01. The van der Waals surface area contributed by atoms with Gasteiger partial charge in [-0.05, 0) is 43.0 Å². The third-order valence-electron chi connectivity index (χ3n) is 3.60. The van der Waals surface area contributed by atoms with Gasteiger partial charge in [-0.2, -0.15) is 0 Å². The lowest BCUT2D eigenvalue weighted by Gasteiger charge is -2.28. The molecule has 0 unspecified atom stereocenters. The lowest BCUT2D eigenvalue weighted by molar-refractivity contribution is -0.116. The monoisotopic (exact) mass is 396 g/mol. The molecular formula is C18H21FN2O3S2. The van der Waals surface area contributed by atoms with Crippen LogP contribution in [0.1, 0.15) is 13.8 Å². The molecule has 0 aliphatic rings. The number of thioether (sulfide) groups is 1. The maximum absolute atomic E-state index is 13.5. The number of hydrogen-bond acceptors (Lipinski definition) is 4. The molecule has 0 bridgehead atoms. The Bertz CT molecular complexity index is 888. The Morgan fingerprint density at radius 1 is 1.23 bits per heavy atom. The Labute approximate surface area is 157 Å². The Morgan fingerprint density at radius 2 is 1.92 bits per heavy atom. The Hall–Kier alpha value is -2.06. The highest BCUT2D eigenvalue weighted by atomic mass is 32.2. The van der Waals surface area contributed by atoms with E-state index in [0.717, 1.165) is 27.3 Å². The van der Waals surface area contributed by atoms with Gasteiger partial charge in [0, 0.05) is 4.90 Å². The number of nitrogens with zero attached hydrogens (tertiary/aromatic N) is 1. The fourth-order valence-corrected chi connectivity index (χ4v) is 4.44. The van der Waals surface area contributed by atoms with E-state index in [-0.39, 0.29) is 5.69 Å².